The van der Waals surface area contributed by atoms with Crippen LogP contribution >= 0.6 is 0 Å². The monoisotopic (exact) mass is 494 g/mol. The van der Waals surface area contributed by atoms with Gasteiger partial charge in [0.25, 0.3) is 0 Å². The highest BCUT2D eigenvalue weighted by atomic mass is 19.1. The zero-order valence-corrected chi connectivity index (χ0v) is 21.2. The normalized spacial score (nSPS) is 11.8. The first-order valence-corrected chi connectivity index (χ1v) is 12.5. The van der Waals surface area contributed by atoms with Gasteiger partial charge in [-0.05, 0) is 37.1 Å². The number of anilines is 1. The van der Waals surface area contributed by atoms with Crippen molar-refractivity contribution in [3.63, 3.8) is 0 Å². The molecule has 1 aromatic heterocycles. The number of ether oxygens (including phenoxy) is 1. The predicted molar refractivity (Wildman–Crippen MR) is 139 cm³/mol. The van der Waals surface area contributed by atoms with Crippen LogP contribution in [-0.2, 0) is 14.3 Å². The molecule has 8 heteroatoms. The molecule has 3 aromatic rings. The lowest BCUT2D eigenvalue weighted by Gasteiger charge is -2.26. The van der Waals surface area contributed by atoms with Gasteiger partial charge in [-0.25, -0.2) is 9.07 Å². The Labute approximate surface area is 212 Å². The van der Waals surface area contributed by atoms with E-state index in [1.165, 1.54) is 12.1 Å². The summed E-state index contributed by atoms with van der Waals surface area (Å²) in [5, 5.41) is 7.56. The molecular formula is C28H35FN4O3. The molecule has 2 amide bonds. The molecule has 0 fully saturated rings. The molecule has 0 spiro atoms. The van der Waals surface area contributed by atoms with Gasteiger partial charge in [0.2, 0.25) is 11.8 Å². The maximum atomic E-state index is 13.5. The number of nitrogens with one attached hydrogen (secondary N) is 1. The number of aromatic nitrogens is 2. The van der Waals surface area contributed by atoms with Crippen LogP contribution < -0.4 is 5.32 Å². The van der Waals surface area contributed by atoms with E-state index in [1.807, 2.05) is 37.3 Å². The van der Waals surface area contributed by atoms with E-state index in [9.17, 15) is 14.0 Å². The average Bonchev–Trinajstić information content (AvgIpc) is 3.31. The fourth-order valence-electron chi connectivity index (χ4n) is 4.03. The second-order valence-corrected chi connectivity index (χ2v) is 8.72. The Morgan fingerprint density at radius 3 is 2.47 bits per heavy atom. The highest BCUT2D eigenvalue weighted by Gasteiger charge is 2.25. The van der Waals surface area contributed by atoms with Crippen LogP contribution in [0.25, 0.3) is 16.9 Å². The number of halogens is 1. The van der Waals surface area contributed by atoms with Crippen LogP contribution in [0.15, 0.2) is 60.7 Å². The largest absolute Gasteiger partial charge is 0.383 e. The number of amides is 2. The fourth-order valence-corrected chi connectivity index (χ4v) is 4.03. The van der Waals surface area contributed by atoms with Gasteiger partial charge in [0.15, 0.2) is 0 Å². The number of hydrogen-bond acceptors (Lipinski definition) is 4. The third kappa shape index (κ3) is 7.24. The van der Waals surface area contributed by atoms with Gasteiger partial charge >= 0.3 is 0 Å². The van der Waals surface area contributed by atoms with Crippen LogP contribution in [0.1, 0.15) is 39.5 Å². The summed E-state index contributed by atoms with van der Waals surface area (Å²) in [7, 11) is 1.57. The first-order chi connectivity index (χ1) is 17.5. The molecular weight excluding hydrogens is 459 g/mol. The van der Waals surface area contributed by atoms with Crippen molar-refractivity contribution in [3.8, 4) is 16.9 Å². The number of rotatable bonds is 13. The number of nitrogens with zero attached hydrogens (tertiary/aromatic N) is 3. The van der Waals surface area contributed by atoms with Crippen molar-refractivity contribution in [3.05, 3.63) is 66.5 Å². The number of carbonyl (C=O) groups excluding carboxylic acids is 2. The number of carbonyl (C=O) groups is 2. The van der Waals surface area contributed by atoms with E-state index in [-0.39, 0.29) is 30.1 Å². The minimum atomic E-state index is -0.361. The molecule has 192 valence electrons. The van der Waals surface area contributed by atoms with Crippen LogP contribution in [0.2, 0.25) is 0 Å². The van der Waals surface area contributed by atoms with Gasteiger partial charge < -0.3 is 15.0 Å². The Morgan fingerprint density at radius 1 is 1.11 bits per heavy atom. The van der Waals surface area contributed by atoms with Gasteiger partial charge in [-0.3, -0.25) is 9.59 Å². The summed E-state index contributed by atoms with van der Waals surface area (Å²) in [5.41, 5.74) is 2.15. The molecule has 0 aliphatic carbocycles. The Hall–Kier alpha value is -3.52. The van der Waals surface area contributed by atoms with Gasteiger partial charge in [0, 0.05) is 31.2 Å². The van der Waals surface area contributed by atoms with Crippen molar-refractivity contribution in [2.75, 3.05) is 32.1 Å². The van der Waals surface area contributed by atoms with E-state index in [0.717, 1.165) is 31.2 Å². The van der Waals surface area contributed by atoms with E-state index >= 15 is 0 Å². The molecule has 0 saturated heterocycles. The van der Waals surface area contributed by atoms with E-state index in [2.05, 4.69) is 17.3 Å². The number of benzene rings is 2. The minimum Gasteiger partial charge on any atom is -0.383 e. The molecule has 0 aliphatic rings. The predicted octanol–water partition coefficient (Wildman–Crippen LogP) is 5.31. The van der Waals surface area contributed by atoms with E-state index in [4.69, 9.17) is 4.74 Å². The van der Waals surface area contributed by atoms with Crippen molar-refractivity contribution in [2.45, 2.75) is 39.5 Å². The molecule has 1 N–H and O–H groups in total. The average molecular weight is 495 g/mol. The number of methoxy groups -OCH3 is 1. The van der Waals surface area contributed by atoms with Crippen LogP contribution in [0.3, 0.4) is 0 Å². The van der Waals surface area contributed by atoms with Gasteiger partial charge in [-0.15, -0.1) is 0 Å². The molecule has 7 nitrogen and oxygen atoms in total. The summed E-state index contributed by atoms with van der Waals surface area (Å²) in [5.74, 6) is -0.421. The van der Waals surface area contributed by atoms with Gasteiger partial charge in [0.05, 0.1) is 24.5 Å². The first-order valence-electron chi connectivity index (χ1n) is 12.5. The summed E-state index contributed by atoms with van der Waals surface area (Å²) in [6.45, 7) is 4.67. The number of hydrogen-bond donors (Lipinski definition) is 1. The van der Waals surface area contributed by atoms with Crippen molar-refractivity contribution < 1.29 is 18.7 Å². The summed E-state index contributed by atoms with van der Waals surface area (Å²) < 4.78 is 20.3. The highest BCUT2D eigenvalue weighted by Crippen LogP contribution is 2.25. The van der Waals surface area contributed by atoms with Crippen molar-refractivity contribution >= 4 is 17.6 Å². The SMILES string of the molecule is CCCCC(CC)C(=O)N(CCOC)CC(=O)Nc1cc(-c2ccccc2)nn1-c1ccc(F)cc1. The summed E-state index contributed by atoms with van der Waals surface area (Å²) >= 11 is 0. The molecule has 0 saturated carbocycles. The van der Waals surface area contributed by atoms with Crippen LogP contribution in [0, 0.1) is 11.7 Å². The van der Waals surface area contributed by atoms with Crippen molar-refractivity contribution in [1.29, 1.82) is 0 Å². The maximum Gasteiger partial charge on any atom is 0.245 e. The lowest BCUT2D eigenvalue weighted by molar-refractivity contribution is -0.139. The lowest BCUT2D eigenvalue weighted by atomic mass is 9.97. The zero-order chi connectivity index (χ0) is 25.9. The lowest BCUT2D eigenvalue weighted by Crippen LogP contribution is -2.43. The van der Waals surface area contributed by atoms with Crippen molar-refractivity contribution in [2.24, 2.45) is 5.92 Å². The standard InChI is InChI=1S/C28H35FN4O3/c1-4-6-10-21(5-2)28(35)32(17-18-36-3)20-27(34)30-26-19-25(22-11-8-7-9-12-22)31-33(26)24-15-13-23(29)14-16-24/h7-9,11-16,19,21H,4-6,10,17-18,20H2,1-3H3,(H,30,34). The minimum absolute atomic E-state index is 0.0323. The fraction of sp³-hybridized carbons (Fsp3) is 0.393. The molecule has 1 unspecified atom stereocenters. The van der Waals surface area contributed by atoms with Crippen LogP contribution in [-0.4, -0.2) is 53.3 Å². The van der Waals surface area contributed by atoms with Gasteiger partial charge in [0.1, 0.15) is 11.6 Å². The third-order valence-electron chi connectivity index (χ3n) is 6.08. The smallest absolute Gasteiger partial charge is 0.245 e. The second-order valence-electron chi connectivity index (χ2n) is 8.72. The molecule has 1 atom stereocenters. The molecule has 0 radical (unpaired) electrons. The van der Waals surface area contributed by atoms with Crippen LogP contribution in [0.4, 0.5) is 10.2 Å². The molecule has 36 heavy (non-hydrogen) atoms. The summed E-state index contributed by atoms with van der Waals surface area (Å²) in [6.07, 6.45) is 3.50. The number of unbranched alkanes of at least 4 members (excludes halogenated alkanes) is 1. The Morgan fingerprint density at radius 2 is 1.83 bits per heavy atom. The molecule has 2 aromatic carbocycles. The molecule has 1 heterocycles. The van der Waals surface area contributed by atoms with Crippen molar-refractivity contribution in [1.82, 2.24) is 14.7 Å². The summed E-state index contributed by atoms with van der Waals surface area (Å²) in [4.78, 5) is 27.9. The van der Waals surface area contributed by atoms with E-state index < -0.39 is 0 Å². The Bertz CT molecular complexity index is 1120. The van der Waals surface area contributed by atoms with E-state index in [0.29, 0.717) is 30.4 Å². The van der Waals surface area contributed by atoms with Gasteiger partial charge in [-0.2, -0.15) is 5.10 Å². The zero-order valence-electron chi connectivity index (χ0n) is 21.2. The molecule has 3 rings (SSSR count). The Kier molecular flexibility index (Phi) is 10.2. The van der Waals surface area contributed by atoms with Gasteiger partial charge in [-0.1, -0.05) is 57.0 Å². The first kappa shape index (κ1) is 27.1. The quantitative estimate of drug-likeness (QED) is 0.349. The maximum absolute atomic E-state index is 13.5. The molecule has 0 aliphatic heterocycles. The highest BCUT2D eigenvalue weighted by molar-refractivity contribution is 5.95. The second kappa shape index (κ2) is 13.5. The summed E-state index contributed by atoms with van der Waals surface area (Å²) in [6, 6.07) is 17.2. The van der Waals surface area contributed by atoms with E-state index in [1.54, 1.807) is 34.9 Å². The Balaban J connectivity index is 1.84. The molecule has 0 bridgehead atoms. The topological polar surface area (TPSA) is 76.5 Å². The third-order valence-corrected chi connectivity index (χ3v) is 6.08. The van der Waals surface area contributed by atoms with Crippen LogP contribution in [0.5, 0.6) is 0 Å².